The molecule has 1 saturated heterocycles. The van der Waals surface area contributed by atoms with Gasteiger partial charge in [0.2, 0.25) is 0 Å². The first-order valence-electron chi connectivity index (χ1n) is 6.56. The van der Waals surface area contributed by atoms with Crippen LogP contribution in [0.15, 0.2) is 30.3 Å². The fourth-order valence-electron chi connectivity index (χ4n) is 2.31. The van der Waals surface area contributed by atoms with Gasteiger partial charge in [0.05, 0.1) is 0 Å². The molecule has 2 rings (SSSR count). The number of Topliss-reactive ketones (excluding diaryl/α,β-unsaturated/α-hetero) is 1. The molecule has 1 aromatic rings. The van der Waals surface area contributed by atoms with E-state index in [1.165, 1.54) is 12.8 Å². The number of hydrogen-bond acceptors (Lipinski definition) is 2. The summed E-state index contributed by atoms with van der Waals surface area (Å²) in [6, 6.07) is 9.61. The van der Waals surface area contributed by atoms with Crippen molar-refractivity contribution in [1.29, 1.82) is 0 Å². The molecule has 0 aliphatic carbocycles. The van der Waals surface area contributed by atoms with Crippen molar-refractivity contribution < 1.29 is 4.79 Å². The molecule has 2 heteroatoms. The Balaban J connectivity index is 1.77. The summed E-state index contributed by atoms with van der Waals surface area (Å²) in [5, 5.41) is 0. The summed E-state index contributed by atoms with van der Waals surface area (Å²) in [5.41, 5.74) is 0.845. The number of carbonyl (C=O) groups is 1. The second-order valence-corrected chi connectivity index (χ2v) is 5.06. The molecule has 0 saturated carbocycles. The molecule has 0 N–H and O–H groups in total. The molecule has 1 aromatic carbocycles. The Morgan fingerprint density at radius 3 is 2.53 bits per heavy atom. The largest absolute Gasteiger partial charge is 0.303 e. The van der Waals surface area contributed by atoms with E-state index in [9.17, 15) is 4.79 Å². The van der Waals surface area contributed by atoms with Crippen LogP contribution >= 0.6 is 0 Å². The summed E-state index contributed by atoms with van der Waals surface area (Å²) < 4.78 is 0. The molecule has 0 radical (unpaired) electrons. The van der Waals surface area contributed by atoms with Crippen molar-refractivity contribution in [2.45, 2.75) is 26.2 Å². The lowest BCUT2D eigenvalue weighted by Crippen LogP contribution is -2.34. The van der Waals surface area contributed by atoms with Crippen molar-refractivity contribution in [3.05, 3.63) is 35.9 Å². The van der Waals surface area contributed by atoms with E-state index in [-0.39, 0.29) is 5.78 Å². The minimum Gasteiger partial charge on any atom is -0.303 e. The molecular formula is C15H21NO. The maximum Gasteiger partial charge on any atom is 0.164 e. The summed E-state index contributed by atoms with van der Waals surface area (Å²) in [5.74, 6) is 1.13. The highest BCUT2D eigenvalue weighted by atomic mass is 16.1. The molecule has 1 heterocycles. The number of ketones is 1. The van der Waals surface area contributed by atoms with Crippen LogP contribution in [0.4, 0.5) is 0 Å². The zero-order valence-electron chi connectivity index (χ0n) is 10.6. The number of benzene rings is 1. The number of piperidine rings is 1. The number of nitrogens with zero attached hydrogens (tertiary/aromatic N) is 1. The lowest BCUT2D eigenvalue weighted by molar-refractivity contribution is 0.0953. The molecule has 0 aromatic heterocycles. The quantitative estimate of drug-likeness (QED) is 0.742. The minimum atomic E-state index is 0.268. The molecule has 17 heavy (non-hydrogen) atoms. The van der Waals surface area contributed by atoms with Crippen LogP contribution in [0.25, 0.3) is 0 Å². The first kappa shape index (κ1) is 12.3. The zero-order chi connectivity index (χ0) is 12.1. The molecule has 0 spiro atoms. The summed E-state index contributed by atoms with van der Waals surface area (Å²) in [7, 11) is 0. The number of likely N-dealkylation sites (tertiary alicyclic amines) is 1. The van der Waals surface area contributed by atoms with E-state index in [1.807, 2.05) is 30.3 Å². The second kappa shape index (κ2) is 5.97. The first-order valence-corrected chi connectivity index (χ1v) is 6.56. The van der Waals surface area contributed by atoms with Gasteiger partial charge in [0.1, 0.15) is 0 Å². The Bertz CT molecular complexity index is 352. The van der Waals surface area contributed by atoms with Crippen molar-refractivity contribution in [2.24, 2.45) is 5.92 Å². The van der Waals surface area contributed by atoms with E-state index in [0.29, 0.717) is 6.42 Å². The molecule has 2 nitrogen and oxygen atoms in total. The van der Waals surface area contributed by atoms with E-state index in [0.717, 1.165) is 31.1 Å². The van der Waals surface area contributed by atoms with Gasteiger partial charge < -0.3 is 4.90 Å². The van der Waals surface area contributed by atoms with E-state index in [2.05, 4.69) is 11.8 Å². The van der Waals surface area contributed by atoms with E-state index < -0.39 is 0 Å². The molecule has 1 fully saturated rings. The third-order valence-electron chi connectivity index (χ3n) is 3.63. The minimum absolute atomic E-state index is 0.268. The van der Waals surface area contributed by atoms with Gasteiger partial charge in [-0.05, 0) is 31.8 Å². The van der Waals surface area contributed by atoms with Crippen LogP contribution in [0, 0.1) is 5.92 Å². The smallest absolute Gasteiger partial charge is 0.164 e. The average molecular weight is 231 g/mol. The van der Waals surface area contributed by atoms with Gasteiger partial charge in [-0.25, -0.2) is 0 Å². The van der Waals surface area contributed by atoms with Crippen molar-refractivity contribution in [3.8, 4) is 0 Å². The summed E-state index contributed by atoms with van der Waals surface area (Å²) in [6.45, 7) is 5.54. The lowest BCUT2D eigenvalue weighted by atomic mass is 9.99. The van der Waals surface area contributed by atoms with E-state index in [4.69, 9.17) is 0 Å². The summed E-state index contributed by atoms with van der Waals surface area (Å²) in [4.78, 5) is 14.3. The standard InChI is InChI=1S/C15H21NO/c1-13-7-10-16(11-8-13)12-9-15(17)14-5-3-2-4-6-14/h2-6,13H,7-12H2,1H3. The van der Waals surface area contributed by atoms with Gasteiger partial charge in [0, 0.05) is 18.5 Å². The van der Waals surface area contributed by atoms with Gasteiger partial charge >= 0.3 is 0 Å². The van der Waals surface area contributed by atoms with Crippen LogP contribution in [0.5, 0.6) is 0 Å². The topological polar surface area (TPSA) is 20.3 Å². The SMILES string of the molecule is CC1CCN(CCC(=O)c2ccccc2)CC1. The van der Waals surface area contributed by atoms with Crippen molar-refractivity contribution >= 4 is 5.78 Å². The summed E-state index contributed by atoms with van der Waals surface area (Å²) >= 11 is 0. The maximum atomic E-state index is 11.9. The van der Waals surface area contributed by atoms with Gasteiger partial charge in [0.15, 0.2) is 5.78 Å². The average Bonchev–Trinajstić information content (AvgIpc) is 2.39. The van der Waals surface area contributed by atoms with Gasteiger partial charge in [-0.2, -0.15) is 0 Å². The molecule has 0 bridgehead atoms. The monoisotopic (exact) mass is 231 g/mol. The fourth-order valence-corrected chi connectivity index (χ4v) is 2.31. The molecule has 1 aliphatic rings. The van der Waals surface area contributed by atoms with Crippen LogP contribution in [0.3, 0.4) is 0 Å². The van der Waals surface area contributed by atoms with Crippen molar-refractivity contribution in [2.75, 3.05) is 19.6 Å². The molecule has 92 valence electrons. The Hall–Kier alpha value is -1.15. The number of hydrogen-bond donors (Lipinski definition) is 0. The fraction of sp³-hybridized carbons (Fsp3) is 0.533. The van der Waals surface area contributed by atoms with Crippen LogP contribution in [-0.4, -0.2) is 30.3 Å². The molecule has 0 amide bonds. The lowest BCUT2D eigenvalue weighted by Gasteiger charge is -2.29. The Morgan fingerprint density at radius 1 is 1.24 bits per heavy atom. The van der Waals surface area contributed by atoms with Gasteiger partial charge in [-0.3, -0.25) is 4.79 Å². The van der Waals surface area contributed by atoms with Crippen LogP contribution in [0.2, 0.25) is 0 Å². The predicted octanol–water partition coefficient (Wildman–Crippen LogP) is 2.99. The Morgan fingerprint density at radius 2 is 1.88 bits per heavy atom. The summed E-state index contributed by atoms with van der Waals surface area (Å²) in [6.07, 6.45) is 3.21. The van der Waals surface area contributed by atoms with Crippen molar-refractivity contribution in [1.82, 2.24) is 4.90 Å². The molecule has 0 atom stereocenters. The van der Waals surface area contributed by atoms with E-state index >= 15 is 0 Å². The van der Waals surface area contributed by atoms with Crippen molar-refractivity contribution in [3.63, 3.8) is 0 Å². The number of rotatable bonds is 4. The molecule has 0 unspecified atom stereocenters. The Labute approximate surface area is 104 Å². The first-order chi connectivity index (χ1) is 8.25. The number of carbonyl (C=O) groups excluding carboxylic acids is 1. The highest BCUT2D eigenvalue weighted by Gasteiger charge is 2.16. The van der Waals surface area contributed by atoms with Crippen LogP contribution in [0.1, 0.15) is 36.5 Å². The molecule has 1 aliphatic heterocycles. The predicted molar refractivity (Wildman–Crippen MR) is 70.2 cm³/mol. The van der Waals surface area contributed by atoms with Gasteiger partial charge in [-0.15, -0.1) is 0 Å². The zero-order valence-corrected chi connectivity index (χ0v) is 10.6. The second-order valence-electron chi connectivity index (χ2n) is 5.06. The maximum absolute atomic E-state index is 11.9. The normalized spacial score (nSPS) is 18.2. The highest BCUT2D eigenvalue weighted by Crippen LogP contribution is 2.16. The third kappa shape index (κ3) is 3.67. The van der Waals surface area contributed by atoms with Gasteiger partial charge in [-0.1, -0.05) is 37.3 Å². The Kier molecular flexibility index (Phi) is 4.32. The van der Waals surface area contributed by atoms with E-state index in [1.54, 1.807) is 0 Å². The third-order valence-corrected chi connectivity index (χ3v) is 3.63. The highest BCUT2D eigenvalue weighted by molar-refractivity contribution is 5.96. The van der Waals surface area contributed by atoms with Gasteiger partial charge in [0.25, 0.3) is 0 Å². The van der Waals surface area contributed by atoms with Crippen LogP contribution in [-0.2, 0) is 0 Å². The van der Waals surface area contributed by atoms with Crippen LogP contribution < -0.4 is 0 Å². The molecular weight excluding hydrogens is 210 g/mol.